The van der Waals surface area contributed by atoms with Crippen LogP contribution < -0.4 is 10.5 Å². The van der Waals surface area contributed by atoms with E-state index in [4.69, 9.17) is 10.5 Å². The summed E-state index contributed by atoms with van der Waals surface area (Å²) in [7, 11) is 1.71. The number of likely N-dealkylation sites (tertiary alicyclic amines) is 1. The maximum atomic E-state index is 6.11. The summed E-state index contributed by atoms with van der Waals surface area (Å²) in [5.74, 6) is 2.35. The zero-order valence-corrected chi connectivity index (χ0v) is 16.2. The molecule has 0 amide bonds. The van der Waals surface area contributed by atoms with Crippen molar-refractivity contribution in [2.75, 3.05) is 26.7 Å². The molecule has 22 heavy (non-hydrogen) atoms. The fourth-order valence-corrected chi connectivity index (χ4v) is 2.82. The van der Waals surface area contributed by atoms with E-state index in [1.807, 2.05) is 0 Å². The number of benzene rings is 1. The smallest absolute Gasteiger partial charge is 0.191 e. The van der Waals surface area contributed by atoms with Gasteiger partial charge in [0, 0.05) is 19.6 Å². The van der Waals surface area contributed by atoms with E-state index in [-0.39, 0.29) is 24.0 Å². The summed E-state index contributed by atoms with van der Waals surface area (Å²) in [5.41, 5.74) is 8.50. The predicted octanol–water partition coefficient (Wildman–Crippen LogP) is 3.21. The van der Waals surface area contributed by atoms with Crippen LogP contribution in [0.2, 0.25) is 0 Å². The molecule has 1 fully saturated rings. The number of nitrogens with zero attached hydrogens (tertiary/aromatic N) is 2. The summed E-state index contributed by atoms with van der Waals surface area (Å²) in [6.45, 7) is 7.13. The Kier molecular flexibility index (Phi) is 8.00. The molecule has 2 N–H and O–H groups in total. The zero-order chi connectivity index (χ0) is 15.2. The van der Waals surface area contributed by atoms with E-state index in [0.29, 0.717) is 11.9 Å². The topological polar surface area (TPSA) is 50.9 Å². The Morgan fingerprint density at radius 3 is 2.91 bits per heavy atom. The van der Waals surface area contributed by atoms with E-state index >= 15 is 0 Å². The number of hydrogen-bond acceptors (Lipinski definition) is 2. The van der Waals surface area contributed by atoms with Crippen molar-refractivity contribution >= 4 is 29.9 Å². The Hall–Kier alpha value is -0.980. The lowest BCUT2D eigenvalue weighted by Gasteiger charge is -2.31. The molecule has 1 atom stereocenters. The van der Waals surface area contributed by atoms with Crippen LogP contribution >= 0.6 is 24.0 Å². The molecule has 1 saturated heterocycles. The predicted molar refractivity (Wildman–Crippen MR) is 103 cm³/mol. The van der Waals surface area contributed by atoms with Gasteiger partial charge >= 0.3 is 0 Å². The van der Waals surface area contributed by atoms with Gasteiger partial charge in [0.2, 0.25) is 0 Å². The highest BCUT2D eigenvalue weighted by Gasteiger charge is 2.17. The van der Waals surface area contributed by atoms with Crippen LogP contribution in [0.1, 0.15) is 30.9 Å². The fraction of sp³-hybridized carbons (Fsp3) is 0.588. The molecule has 2 rings (SSSR count). The van der Waals surface area contributed by atoms with Gasteiger partial charge in [0.05, 0.1) is 7.11 Å². The Morgan fingerprint density at radius 1 is 1.45 bits per heavy atom. The monoisotopic (exact) mass is 417 g/mol. The third kappa shape index (κ3) is 5.34. The maximum Gasteiger partial charge on any atom is 0.191 e. The molecule has 1 aromatic carbocycles. The van der Waals surface area contributed by atoms with Crippen molar-refractivity contribution in [1.82, 2.24) is 4.90 Å². The summed E-state index contributed by atoms with van der Waals surface area (Å²) in [5, 5.41) is 0. The minimum absolute atomic E-state index is 0. The summed E-state index contributed by atoms with van der Waals surface area (Å²) in [6.07, 6.45) is 3.40. The highest BCUT2D eigenvalue weighted by atomic mass is 127. The van der Waals surface area contributed by atoms with Gasteiger partial charge in [-0.1, -0.05) is 19.1 Å². The SMILES string of the molecule is COc1cc(CCN=C(N)N2CCCC(C)C2)ccc1C.I. The first kappa shape index (κ1) is 19.1. The summed E-state index contributed by atoms with van der Waals surface area (Å²) < 4.78 is 5.35. The lowest BCUT2D eigenvalue weighted by Crippen LogP contribution is -2.43. The molecule has 1 aromatic rings. The summed E-state index contributed by atoms with van der Waals surface area (Å²) >= 11 is 0. The van der Waals surface area contributed by atoms with Crippen LogP contribution in [0.25, 0.3) is 0 Å². The number of halogens is 1. The van der Waals surface area contributed by atoms with Crippen LogP contribution in [0.15, 0.2) is 23.2 Å². The molecule has 1 unspecified atom stereocenters. The molecule has 0 aromatic heterocycles. The minimum Gasteiger partial charge on any atom is -0.496 e. The molecule has 0 aliphatic carbocycles. The normalized spacial score (nSPS) is 18.8. The third-order valence-electron chi connectivity index (χ3n) is 4.13. The van der Waals surface area contributed by atoms with Crippen molar-refractivity contribution in [1.29, 1.82) is 0 Å². The van der Waals surface area contributed by atoms with Crippen LogP contribution in [-0.2, 0) is 6.42 Å². The van der Waals surface area contributed by atoms with E-state index in [1.54, 1.807) is 7.11 Å². The zero-order valence-electron chi connectivity index (χ0n) is 13.8. The molecular weight excluding hydrogens is 389 g/mol. The van der Waals surface area contributed by atoms with Gasteiger partial charge < -0.3 is 15.4 Å². The lowest BCUT2D eigenvalue weighted by atomic mass is 10.0. The average molecular weight is 417 g/mol. The van der Waals surface area contributed by atoms with Gasteiger partial charge in [-0.05, 0) is 49.3 Å². The van der Waals surface area contributed by atoms with Crippen molar-refractivity contribution in [2.45, 2.75) is 33.1 Å². The quantitative estimate of drug-likeness (QED) is 0.465. The number of guanidine groups is 1. The second kappa shape index (κ2) is 9.22. The first-order valence-corrected chi connectivity index (χ1v) is 7.78. The van der Waals surface area contributed by atoms with Gasteiger partial charge in [0.1, 0.15) is 5.75 Å². The fourth-order valence-electron chi connectivity index (χ4n) is 2.82. The van der Waals surface area contributed by atoms with Crippen molar-refractivity contribution < 1.29 is 4.74 Å². The van der Waals surface area contributed by atoms with E-state index in [0.717, 1.165) is 37.4 Å². The molecule has 0 bridgehead atoms. The first-order chi connectivity index (χ1) is 10.1. The van der Waals surface area contributed by atoms with Crippen LogP contribution in [0.3, 0.4) is 0 Å². The van der Waals surface area contributed by atoms with Gasteiger partial charge in [-0.15, -0.1) is 24.0 Å². The van der Waals surface area contributed by atoms with Gasteiger partial charge in [-0.2, -0.15) is 0 Å². The van der Waals surface area contributed by atoms with Gasteiger partial charge in [0.25, 0.3) is 0 Å². The molecule has 124 valence electrons. The second-order valence-electron chi connectivity index (χ2n) is 5.99. The molecule has 1 aliphatic heterocycles. The molecule has 1 heterocycles. The lowest BCUT2D eigenvalue weighted by molar-refractivity contribution is 0.270. The number of ether oxygens (including phenoxy) is 1. The van der Waals surface area contributed by atoms with Crippen molar-refractivity contribution in [3.8, 4) is 5.75 Å². The summed E-state index contributed by atoms with van der Waals surface area (Å²) in [4.78, 5) is 6.75. The largest absolute Gasteiger partial charge is 0.496 e. The van der Waals surface area contributed by atoms with Crippen LogP contribution in [0.4, 0.5) is 0 Å². The number of aliphatic imine (C=N–C) groups is 1. The highest BCUT2D eigenvalue weighted by molar-refractivity contribution is 14.0. The van der Waals surface area contributed by atoms with E-state index in [1.165, 1.54) is 18.4 Å². The van der Waals surface area contributed by atoms with Gasteiger partial charge in [-0.25, -0.2) is 0 Å². The number of piperidine rings is 1. The molecule has 4 nitrogen and oxygen atoms in total. The Bertz CT molecular complexity index is 505. The average Bonchev–Trinajstić information content (AvgIpc) is 2.48. The van der Waals surface area contributed by atoms with E-state index < -0.39 is 0 Å². The standard InChI is InChI=1S/C17H27N3O.HI/c1-13-5-4-10-20(12-13)17(18)19-9-8-15-7-6-14(2)16(11-15)21-3;/h6-7,11,13H,4-5,8-10,12H2,1-3H3,(H2,18,19);1H. The minimum atomic E-state index is 0. The van der Waals surface area contributed by atoms with Crippen LogP contribution in [0, 0.1) is 12.8 Å². The molecule has 5 heteroatoms. The number of nitrogens with two attached hydrogens (primary N) is 1. The Morgan fingerprint density at radius 2 is 2.23 bits per heavy atom. The summed E-state index contributed by atoms with van der Waals surface area (Å²) in [6, 6.07) is 6.31. The van der Waals surface area contributed by atoms with Crippen LogP contribution in [-0.4, -0.2) is 37.6 Å². The highest BCUT2D eigenvalue weighted by Crippen LogP contribution is 2.19. The molecule has 0 spiro atoms. The maximum absolute atomic E-state index is 6.11. The molecule has 0 radical (unpaired) electrons. The van der Waals surface area contributed by atoms with Gasteiger partial charge in [0.15, 0.2) is 5.96 Å². The first-order valence-electron chi connectivity index (χ1n) is 7.78. The second-order valence-corrected chi connectivity index (χ2v) is 5.99. The third-order valence-corrected chi connectivity index (χ3v) is 4.13. The van der Waals surface area contributed by atoms with E-state index in [2.05, 4.69) is 41.9 Å². The number of methoxy groups -OCH3 is 1. The molecule has 1 aliphatic rings. The number of hydrogen-bond donors (Lipinski definition) is 1. The van der Waals surface area contributed by atoms with Gasteiger partial charge in [-0.3, -0.25) is 4.99 Å². The molecular formula is C17H28IN3O. The van der Waals surface area contributed by atoms with Crippen molar-refractivity contribution in [3.63, 3.8) is 0 Å². The van der Waals surface area contributed by atoms with Crippen LogP contribution in [0.5, 0.6) is 5.75 Å². The van der Waals surface area contributed by atoms with Crippen molar-refractivity contribution in [3.05, 3.63) is 29.3 Å². The van der Waals surface area contributed by atoms with Crippen molar-refractivity contribution in [2.24, 2.45) is 16.6 Å². The molecule has 0 saturated carbocycles. The Labute approximate surface area is 151 Å². The van der Waals surface area contributed by atoms with E-state index in [9.17, 15) is 0 Å². The number of rotatable bonds is 4. The number of aryl methyl sites for hydroxylation is 1. The Balaban J connectivity index is 0.00000242.